The lowest BCUT2D eigenvalue weighted by atomic mass is 9.71. The summed E-state index contributed by atoms with van der Waals surface area (Å²) < 4.78 is 5.25. The van der Waals surface area contributed by atoms with Crippen LogP contribution in [0.25, 0.3) is 0 Å². The summed E-state index contributed by atoms with van der Waals surface area (Å²) in [5.41, 5.74) is 9.99. The third-order valence-corrected chi connectivity index (χ3v) is 4.01. The molecule has 0 radical (unpaired) electrons. The van der Waals surface area contributed by atoms with Crippen molar-refractivity contribution in [3.05, 3.63) is 0 Å². The van der Waals surface area contributed by atoms with Gasteiger partial charge < -0.3 is 21.1 Å². The first-order valence-electron chi connectivity index (χ1n) is 6.43. The maximum atomic E-state index is 12.3. The van der Waals surface area contributed by atoms with E-state index in [4.69, 9.17) is 16.2 Å². The third-order valence-electron chi connectivity index (χ3n) is 4.01. The summed E-state index contributed by atoms with van der Waals surface area (Å²) in [7, 11) is 0. The van der Waals surface area contributed by atoms with Gasteiger partial charge in [0.05, 0.1) is 5.41 Å². The molecule has 3 amide bonds. The van der Waals surface area contributed by atoms with E-state index in [1.807, 2.05) is 0 Å². The molecule has 0 bridgehead atoms. The van der Waals surface area contributed by atoms with Gasteiger partial charge in [0, 0.05) is 26.2 Å². The first-order chi connectivity index (χ1) is 8.96. The largest absolute Gasteiger partial charge is 0.381 e. The highest BCUT2D eigenvalue weighted by molar-refractivity contribution is 5.94. The van der Waals surface area contributed by atoms with Gasteiger partial charge in [-0.1, -0.05) is 0 Å². The molecule has 7 heteroatoms. The van der Waals surface area contributed by atoms with Crippen LogP contribution in [0.3, 0.4) is 0 Å². The molecule has 0 aromatic heterocycles. The van der Waals surface area contributed by atoms with Crippen LogP contribution in [0.1, 0.15) is 25.7 Å². The zero-order valence-electron chi connectivity index (χ0n) is 10.8. The van der Waals surface area contributed by atoms with Gasteiger partial charge in [-0.2, -0.15) is 0 Å². The van der Waals surface area contributed by atoms with Crippen molar-refractivity contribution in [2.45, 2.75) is 31.7 Å². The summed E-state index contributed by atoms with van der Waals surface area (Å²) in [6.07, 6.45) is 1.61. The second kappa shape index (κ2) is 5.16. The van der Waals surface area contributed by atoms with Gasteiger partial charge in [0.25, 0.3) is 0 Å². The van der Waals surface area contributed by atoms with Gasteiger partial charge in [0.2, 0.25) is 17.7 Å². The number of hydrogen-bond acceptors (Lipinski definition) is 4. The Labute approximate surface area is 111 Å². The maximum Gasteiger partial charge on any atom is 0.240 e. The smallest absolute Gasteiger partial charge is 0.240 e. The van der Waals surface area contributed by atoms with Crippen LogP contribution in [0, 0.1) is 5.41 Å². The molecule has 2 saturated heterocycles. The standard InChI is InChI=1S/C12H19N3O4/c13-9(16)2-1-8(10(14)17)15-7-12(11(15)18)3-5-19-6-4-12/h8H,1-7H2,(H2,13,16)(H2,14,17)/t8-/m0/s1. The average molecular weight is 269 g/mol. The summed E-state index contributed by atoms with van der Waals surface area (Å²) in [6, 6.07) is -0.728. The Bertz CT molecular complexity index is 404. The van der Waals surface area contributed by atoms with Crippen LogP contribution in [-0.4, -0.2) is 48.4 Å². The minimum atomic E-state index is -0.728. The van der Waals surface area contributed by atoms with Crippen molar-refractivity contribution in [1.82, 2.24) is 4.90 Å². The number of ether oxygens (including phenoxy) is 1. The van der Waals surface area contributed by atoms with E-state index in [1.54, 1.807) is 0 Å². The summed E-state index contributed by atoms with van der Waals surface area (Å²) >= 11 is 0. The van der Waals surface area contributed by atoms with Crippen molar-refractivity contribution >= 4 is 17.7 Å². The molecule has 0 aromatic carbocycles. The predicted molar refractivity (Wildman–Crippen MR) is 65.6 cm³/mol. The fourth-order valence-corrected chi connectivity index (χ4v) is 2.80. The quantitative estimate of drug-likeness (QED) is 0.606. The first kappa shape index (κ1) is 13.8. The maximum absolute atomic E-state index is 12.3. The van der Waals surface area contributed by atoms with E-state index in [2.05, 4.69) is 0 Å². The molecule has 0 saturated carbocycles. The Hall–Kier alpha value is -1.63. The van der Waals surface area contributed by atoms with Gasteiger partial charge in [-0.3, -0.25) is 14.4 Å². The number of carbonyl (C=O) groups excluding carboxylic acids is 3. The number of hydrogen-bond donors (Lipinski definition) is 2. The lowest BCUT2D eigenvalue weighted by Gasteiger charge is -2.52. The second-order valence-electron chi connectivity index (χ2n) is 5.25. The molecule has 1 spiro atoms. The molecule has 2 aliphatic rings. The molecule has 2 rings (SSSR count). The Kier molecular flexibility index (Phi) is 3.75. The lowest BCUT2D eigenvalue weighted by Crippen LogP contribution is -2.68. The van der Waals surface area contributed by atoms with Crippen molar-refractivity contribution in [2.24, 2.45) is 16.9 Å². The van der Waals surface area contributed by atoms with E-state index in [0.29, 0.717) is 32.6 Å². The van der Waals surface area contributed by atoms with Crippen LogP contribution in [-0.2, 0) is 19.1 Å². The fourth-order valence-electron chi connectivity index (χ4n) is 2.80. The number of carbonyl (C=O) groups is 3. The molecule has 0 unspecified atom stereocenters. The van der Waals surface area contributed by atoms with E-state index in [9.17, 15) is 14.4 Å². The number of primary amides is 2. The molecule has 0 aliphatic carbocycles. The Balaban J connectivity index is 1.99. The number of amides is 3. The molecular formula is C12H19N3O4. The SMILES string of the molecule is NC(=O)CC[C@@H](C(N)=O)N1CC2(CCOCC2)C1=O. The minimum absolute atomic E-state index is 0.0491. The molecule has 2 fully saturated rings. The van der Waals surface area contributed by atoms with Crippen LogP contribution in [0.4, 0.5) is 0 Å². The molecular weight excluding hydrogens is 250 g/mol. The number of rotatable bonds is 5. The molecule has 19 heavy (non-hydrogen) atoms. The molecule has 0 aromatic rings. The van der Waals surface area contributed by atoms with Crippen LogP contribution < -0.4 is 11.5 Å². The van der Waals surface area contributed by atoms with Gasteiger partial charge in [-0.25, -0.2) is 0 Å². The summed E-state index contributed by atoms with van der Waals surface area (Å²) in [5.74, 6) is -1.14. The average Bonchev–Trinajstić information content (AvgIpc) is 2.38. The van der Waals surface area contributed by atoms with Gasteiger partial charge in [0.15, 0.2) is 0 Å². The van der Waals surface area contributed by atoms with E-state index in [-0.39, 0.29) is 24.2 Å². The van der Waals surface area contributed by atoms with Crippen LogP contribution in [0.15, 0.2) is 0 Å². The highest BCUT2D eigenvalue weighted by Crippen LogP contribution is 2.42. The summed E-state index contributed by atoms with van der Waals surface area (Å²) in [6.45, 7) is 1.66. The molecule has 1 atom stereocenters. The summed E-state index contributed by atoms with van der Waals surface area (Å²) in [5, 5.41) is 0. The van der Waals surface area contributed by atoms with Crippen LogP contribution >= 0.6 is 0 Å². The van der Waals surface area contributed by atoms with Crippen molar-refractivity contribution < 1.29 is 19.1 Å². The van der Waals surface area contributed by atoms with Crippen molar-refractivity contribution in [3.8, 4) is 0 Å². The molecule has 106 valence electrons. The van der Waals surface area contributed by atoms with Crippen molar-refractivity contribution in [1.29, 1.82) is 0 Å². The Morgan fingerprint density at radius 3 is 2.42 bits per heavy atom. The highest BCUT2D eigenvalue weighted by Gasteiger charge is 2.55. The highest BCUT2D eigenvalue weighted by atomic mass is 16.5. The number of nitrogens with zero attached hydrogens (tertiary/aromatic N) is 1. The lowest BCUT2D eigenvalue weighted by molar-refractivity contribution is -0.176. The zero-order valence-corrected chi connectivity index (χ0v) is 10.8. The third kappa shape index (κ3) is 2.56. The normalized spacial score (nSPS) is 22.9. The van der Waals surface area contributed by atoms with Gasteiger partial charge in [0.1, 0.15) is 6.04 Å². The number of likely N-dealkylation sites (tertiary alicyclic amines) is 1. The summed E-state index contributed by atoms with van der Waals surface area (Å²) in [4.78, 5) is 35.9. The zero-order chi connectivity index (χ0) is 14.0. The minimum Gasteiger partial charge on any atom is -0.381 e. The van der Waals surface area contributed by atoms with E-state index >= 15 is 0 Å². The van der Waals surface area contributed by atoms with E-state index < -0.39 is 17.9 Å². The van der Waals surface area contributed by atoms with Crippen LogP contribution in [0.5, 0.6) is 0 Å². The first-order valence-corrected chi connectivity index (χ1v) is 6.43. The van der Waals surface area contributed by atoms with Crippen LogP contribution in [0.2, 0.25) is 0 Å². The van der Waals surface area contributed by atoms with E-state index in [1.165, 1.54) is 4.90 Å². The van der Waals surface area contributed by atoms with Gasteiger partial charge in [-0.15, -0.1) is 0 Å². The molecule has 4 N–H and O–H groups in total. The Morgan fingerprint density at radius 1 is 1.32 bits per heavy atom. The molecule has 2 heterocycles. The monoisotopic (exact) mass is 269 g/mol. The fraction of sp³-hybridized carbons (Fsp3) is 0.750. The van der Waals surface area contributed by atoms with Gasteiger partial charge >= 0.3 is 0 Å². The topological polar surface area (TPSA) is 116 Å². The number of β-lactam (4-membered cyclic amide) rings is 1. The number of nitrogens with two attached hydrogens (primary N) is 2. The Morgan fingerprint density at radius 2 is 1.95 bits per heavy atom. The van der Waals surface area contributed by atoms with Crippen molar-refractivity contribution in [2.75, 3.05) is 19.8 Å². The molecule has 7 nitrogen and oxygen atoms in total. The molecule has 2 aliphatic heterocycles. The van der Waals surface area contributed by atoms with Crippen molar-refractivity contribution in [3.63, 3.8) is 0 Å². The van der Waals surface area contributed by atoms with E-state index in [0.717, 1.165) is 0 Å². The second-order valence-corrected chi connectivity index (χ2v) is 5.25. The predicted octanol–water partition coefficient (Wildman–Crippen LogP) is -1.26. The van der Waals surface area contributed by atoms with Gasteiger partial charge in [-0.05, 0) is 19.3 Å².